The molecule has 8 saturated heterocycles. The van der Waals surface area contributed by atoms with E-state index in [1.807, 2.05) is 104 Å². The second kappa shape index (κ2) is 44.5. The molecule has 11 aliphatic rings. The normalized spacial score (nSPS) is 25.5. The Balaban J connectivity index is 0.000000277. The largest absolute Gasteiger partial charge is 0.518 e. The van der Waals surface area contributed by atoms with Gasteiger partial charge in [-0.2, -0.15) is 0 Å². The van der Waals surface area contributed by atoms with Gasteiger partial charge in [-0.05, 0) is 134 Å². The van der Waals surface area contributed by atoms with Crippen LogP contribution >= 0.6 is 11.8 Å². The van der Waals surface area contributed by atoms with Crippen molar-refractivity contribution >= 4 is 76.8 Å². The maximum atomic E-state index is 11.1. The first-order chi connectivity index (χ1) is 45.9. The molecule has 10 atom stereocenters. The summed E-state index contributed by atoms with van der Waals surface area (Å²) in [5.74, 6) is 4.96. The van der Waals surface area contributed by atoms with E-state index < -0.39 is 12.0 Å². The number of ether oxygens (including phenoxy) is 11. The molecule has 1 aromatic heterocycles. The molecule has 0 radical (unpaired) electrons. The van der Waals surface area contributed by atoms with Crippen LogP contribution in [0.2, 0.25) is 0 Å². The number of benzene rings is 2. The van der Waals surface area contributed by atoms with Crippen molar-refractivity contribution < 1.29 is 114 Å². The minimum Gasteiger partial charge on any atom is -0.466 e. The molecule has 8 fully saturated rings. The summed E-state index contributed by atoms with van der Waals surface area (Å²) in [6.45, 7) is 27.4. The van der Waals surface area contributed by atoms with Gasteiger partial charge in [0.25, 0.3) is 0 Å². The fraction of sp³-hybridized carbons (Fsp3) is 0.606. The van der Waals surface area contributed by atoms with Gasteiger partial charge in [0.15, 0.2) is 5.12 Å². The van der Waals surface area contributed by atoms with Crippen LogP contribution in [0.4, 0.5) is 4.79 Å². The zero-order valence-corrected chi connectivity index (χ0v) is 59.0. The van der Waals surface area contributed by atoms with Crippen molar-refractivity contribution in [1.82, 2.24) is 0 Å². The molecule has 25 nitrogen and oxygen atoms in total. The van der Waals surface area contributed by atoms with Crippen molar-refractivity contribution in [2.75, 3.05) is 38.8 Å². The van der Waals surface area contributed by atoms with Crippen molar-refractivity contribution in [2.24, 2.45) is 35.5 Å². The molecule has 12 heterocycles. The van der Waals surface area contributed by atoms with E-state index in [1.165, 1.54) is 11.8 Å². The Hall–Kier alpha value is -8.29. The predicted octanol–water partition coefficient (Wildman–Crippen LogP) is 11.9. The molecule has 0 N–H and O–H groups in total. The number of carbonyl (C=O) groups excluding carboxylic acids is 11. The second-order valence-corrected chi connectivity index (χ2v) is 25.8. The van der Waals surface area contributed by atoms with E-state index in [2.05, 4.69) is 44.2 Å². The van der Waals surface area contributed by atoms with Crippen LogP contribution < -0.4 is 15.3 Å². The van der Waals surface area contributed by atoms with Crippen LogP contribution in [0, 0.1) is 49.4 Å². The number of rotatable bonds is 0. The van der Waals surface area contributed by atoms with Crippen LogP contribution in [0.15, 0.2) is 74.0 Å². The van der Waals surface area contributed by atoms with E-state index in [9.17, 15) is 57.5 Å². The lowest BCUT2D eigenvalue weighted by Gasteiger charge is -2.20. The first kappa shape index (κ1) is 82.9. The molecule has 0 amide bonds. The molecule has 0 aliphatic carbocycles. The summed E-state index contributed by atoms with van der Waals surface area (Å²) < 4.78 is 60.7. The average Bonchev–Trinajstić information content (AvgIpc) is 1.69. The lowest BCUT2D eigenvalue weighted by Crippen LogP contribution is -2.29. The molecule has 3 aromatic rings. The summed E-state index contributed by atoms with van der Waals surface area (Å²) in [6, 6.07) is 15.4. The molecule has 0 bridgehead atoms. The number of para-hydroxylation sites is 2. The first-order valence-corrected chi connectivity index (χ1v) is 33.9. The molecule has 0 saturated carbocycles. The second-order valence-electron chi connectivity index (χ2n) is 24.7. The highest BCUT2D eigenvalue weighted by Gasteiger charge is 2.27. The van der Waals surface area contributed by atoms with Gasteiger partial charge in [0.1, 0.15) is 47.6 Å². The summed E-state index contributed by atoms with van der Waals surface area (Å²) in [7, 11) is 0. The molecule has 10 unspecified atom stereocenters. The Labute approximate surface area is 571 Å². The van der Waals surface area contributed by atoms with Gasteiger partial charge in [0.2, 0.25) is 0 Å². The van der Waals surface area contributed by atoms with Gasteiger partial charge in [0.05, 0.1) is 76.0 Å². The average molecular weight is 1380 g/mol. The lowest BCUT2D eigenvalue weighted by atomic mass is 9.95. The van der Waals surface area contributed by atoms with E-state index in [1.54, 1.807) is 33.8 Å². The number of carbonyl (C=O) groups is 11. The van der Waals surface area contributed by atoms with Crippen LogP contribution in [0.5, 0.6) is 11.5 Å². The fourth-order valence-corrected chi connectivity index (χ4v) is 10.1. The Morgan fingerprint density at radius 3 is 1.36 bits per heavy atom. The summed E-state index contributed by atoms with van der Waals surface area (Å²) in [5.41, 5.74) is 2.27. The standard InChI is InChI=1S/2C10H10O2.3C6H10O2.C5H6O3.2C5H8O2.C5H6O2.C5H8OS.C4H6O3.C4H6O2/c1-7-6-10(11)12-9-5-3-2-4-8(7)9;1-7-6-8-4-2-3-5-9(8)12-10(7)11;1-5-2-3-8-6(7)4-5;1-5-3-2-4-8-6(5)7;1-5-3-2-4-6(7)8-5;1-3-4(2)8-5(6)7-3;1-4-2-5(6)7-3-4;1-4-2-3-7-5(4)6;1-4-2-3-5(6)7-4;1-4-2-3-7-5(4)6;1-3-2-6-4(5)7-3;1-3-2-4(5)6-3/h2*2-5,7H,6H2,1H3;3*5H,2-4H2,1H3;1-2H3;2*4H,2-3H2,1H3;2H,3H2,1H3;4H,2-3H2,1H3;3H,2H2,1H3;3H,2H2,1H3. The van der Waals surface area contributed by atoms with E-state index in [-0.39, 0.29) is 89.8 Å². The lowest BCUT2D eigenvalue weighted by molar-refractivity contribution is -0.167. The molecule has 2 aromatic carbocycles. The molecule has 26 heteroatoms. The van der Waals surface area contributed by atoms with E-state index in [0.717, 1.165) is 85.5 Å². The van der Waals surface area contributed by atoms with E-state index >= 15 is 0 Å². The van der Waals surface area contributed by atoms with Gasteiger partial charge in [-0.3, -0.25) is 47.9 Å². The smallest absolute Gasteiger partial charge is 0.466 e. The molecule has 14 rings (SSSR count). The fourth-order valence-electron chi connectivity index (χ4n) is 9.02. The minimum absolute atomic E-state index is 0.0000926. The monoisotopic (exact) mass is 1380 g/mol. The van der Waals surface area contributed by atoms with Crippen LogP contribution in [-0.2, 0) is 97.0 Å². The first-order valence-electron chi connectivity index (χ1n) is 33.0. The third-order valence-corrected chi connectivity index (χ3v) is 16.3. The quantitative estimate of drug-likeness (QED) is 0.115. The van der Waals surface area contributed by atoms with E-state index in [0.29, 0.717) is 112 Å². The number of cyclic esters (lactones) is 9. The molecular formula is C71H98O25S. The number of hydrogen-bond acceptors (Lipinski definition) is 26. The third kappa shape index (κ3) is 35.0. The zero-order chi connectivity index (χ0) is 72.1. The van der Waals surface area contributed by atoms with Crippen molar-refractivity contribution in [3.8, 4) is 11.5 Å². The highest BCUT2D eigenvalue weighted by atomic mass is 32.2. The van der Waals surface area contributed by atoms with Gasteiger partial charge in [-0.15, -0.1) is 0 Å². The van der Waals surface area contributed by atoms with Crippen molar-refractivity contribution in [1.29, 1.82) is 0 Å². The molecule has 97 heavy (non-hydrogen) atoms. The summed E-state index contributed by atoms with van der Waals surface area (Å²) in [6.07, 6.45) is 12.8. The molecule has 0 spiro atoms. The van der Waals surface area contributed by atoms with E-state index in [4.69, 9.17) is 23.7 Å². The third-order valence-electron chi connectivity index (χ3n) is 15.2. The SMILES string of the molecule is CC1=CCC(=O)O1.CC1CC(=O)O1.CC1CC(=O)Oc2ccccc21.CC1CCCC(=O)O1.CC1CCCOC1=O.CC1CCOC(=O)C1.CC1CCOC1=O.CC1CCSC1=O.CC1COC(=O)C1.CC1COC(=O)O1.CC1Cc2ccccc2OC1=O.Cc1oc(=O)oc1C. The Morgan fingerprint density at radius 2 is 1.01 bits per heavy atom. The molecular weight excluding hydrogens is 1280 g/mol. The minimum atomic E-state index is -0.625. The Kier molecular flexibility index (Phi) is 38.1. The number of esters is 9. The Morgan fingerprint density at radius 1 is 0.412 bits per heavy atom. The van der Waals surface area contributed by atoms with Crippen molar-refractivity contribution in [3.05, 3.63) is 93.6 Å². The van der Waals surface area contributed by atoms with Crippen LogP contribution in [0.1, 0.15) is 188 Å². The Bertz CT molecular complexity index is 3030. The maximum Gasteiger partial charge on any atom is 0.518 e. The number of hydrogen-bond donors (Lipinski definition) is 0. The highest BCUT2D eigenvalue weighted by Crippen LogP contribution is 2.33. The van der Waals surface area contributed by atoms with Crippen molar-refractivity contribution in [3.63, 3.8) is 0 Å². The summed E-state index contributed by atoms with van der Waals surface area (Å²) in [4.78, 5) is 125. The number of thioether (sulfide) groups is 1. The van der Waals surface area contributed by atoms with Gasteiger partial charge in [-0.25, -0.2) is 9.59 Å². The highest BCUT2D eigenvalue weighted by molar-refractivity contribution is 8.14. The maximum absolute atomic E-state index is 11.1. The van der Waals surface area contributed by atoms with Gasteiger partial charge in [-0.1, -0.05) is 96.6 Å². The van der Waals surface area contributed by atoms with Gasteiger partial charge in [0, 0.05) is 30.4 Å². The summed E-state index contributed by atoms with van der Waals surface area (Å²) in [5, 5.41) is 0.375. The van der Waals surface area contributed by atoms with Crippen LogP contribution in [0.25, 0.3) is 0 Å². The number of aryl methyl sites for hydroxylation is 2. The molecule has 538 valence electrons. The van der Waals surface area contributed by atoms with Gasteiger partial charge < -0.3 is 60.9 Å². The van der Waals surface area contributed by atoms with Crippen LogP contribution in [0.3, 0.4) is 0 Å². The van der Waals surface area contributed by atoms with Crippen molar-refractivity contribution in [2.45, 2.75) is 204 Å². The summed E-state index contributed by atoms with van der Waals surface area (Å²) >= 11 is 1.47. The zero-order valence-electron chi connectivity index (χ0n) is 58.2. The number of fused-ring (bicyclic) bond motifs is 2. The van der Waals surface area contributed by atoms with Crippen LogP contribution in [-0.4, -0.2) is 122 Å². The number of allylic oxidation sites excluding steroid dienone is 1. The van der Waals surface area contributed by atoms with Gasteiger partial charge >= 0.3 is 65.7 Å². The predicted molar refractivity (Wildman–Crippen MR) is 352 cm³/mol. The molecule has 11 aliphatic heterocycles. The topological polar surface area (TPSA) is 333 Å².